The fourth-order valence-electron chi connectivity index (χ4n) is 2.90. The second kappa shape index (κ2) is 8.31. The van der Waals surface area contributed by atoms with E-state index < -0.39 is 44.2 Å². The Hall–Kier alpha value is -3.14. The molecule has 0 aromatic heterocycles. The van der Waals surface area contributed by atoms with E-state index in [9.17, 15) is 31.6 Å². The Labute approximate surface area is 171 Å². The lowest BCUT2D eigenvalue weighted by atomic mass is 10.1. The van der Waals surface area contributed by atoms with Gasteiger partial charge in [-0.25, -0.2) is 13.2 Å². The van der Waals surface area contributed by atoms with Gasteiger partial charge in [-0.2, -0.15) is 8.78 Å². The average Bonchev–Trinajstić information content (AvgIpc) is 2.97. The van der Waals surface area contributed by atoms with E-state index in [1.165, 1.54) is 30.3 Å². The Morgan fingerprint density at radius 3 is 2.00 bits per heavy atom. The number of hydroxylamine groups is 2. The molecule has 0 N–H and O–H groups in total. The SMILES string of the molecule is O=C(CCCCC(F)(F)S(=O)(=O)c1ccccc1)ON1C(=O)c2ccccc2C1=O. The van der Waals surface area contributed by atoms with Crippen LogP contribution in [0.1, 0.15) is 46.4 Å². The molecule has 0 fully saturated rings. The third-order valence-electron chi connectivity index (χ3n) is 4.50. The number of hydrogen-bond donors (Lipinski definition) is 0. The summed E-state index contributed by atoms with van der Waals surface area (Å²) in [5, 5.41) is -3.66. The first-order chi connectivity index (χ1) is 14.1. The monoisotopic (exact) mass is 437 g/mol. The largest absolute Gasteiger partial charge is 0.350 e. The van der Waals surface area contributed by atoms with Gasteiger partial charge in [0.15, 0.2) is 0 Å². The van der Waals surface area contributed by atoms with Crippen molar-refractivity contribution in [2.45, 2.75) is 35.8 Å². The molecular formula is C20H17F2NO6S. The van der Waals surface area contributed by atoms with Crippen LogP contribution in [0.4, 0.5) is 8.78 Å². The predicted octanol–water partition coefficient (Wildman–Crippen LogP) is 3.37. The number of fused-ring (bicyclic) bond motifs is 1. The molecule has 1 aliphatic rings. The third-order valence-corrected chi connectivity index (χ3v) is 6.38. The normalized spacial score (nSPS) is 14.0. The summed E-state index contributed by atoms with van der Waals surface area (Å²) in [5.74, 6) is -2.53. The zero-order valence-corrected chi connectivity index (χ0v) is 16.4. The molecule has 2 aromatic rings. The molecule has 3 rings (SSSR count). The molecule has 0 saturated heterocycles. The molecule has 7 nitrogen and oxygen atoms in total. The topological polar surface area (TPSA) is 97.8 Å². The summed E-state index contributed by atoms with van der Waals surface area (Å²) < 4.78 is 52.5. The lowest BCUT2D eigenvalue weighted by Gasteiger charge is -2.17. The van der Waals surface area contributed by atoms with Gasteiger partial charge in [0.1, 0.15) is 0 Å². The number of halogens is 2. The first-order valence-corrected chi connectivity index (χ1v) is 10.5. The minimum Gasteiger partial charge on any atom is -0.330 e. The lowest BCUT2D eigenvalue weighted by Crippen LogP contribution is -2.32. The highest BCUT2D eigenvalue weighted by Gasteiger charge is 2.45. The molecule has 0 spiro atoms. The highest BCUT2D eigenvalue weighted by molar-refractivity contribution is 7.92. The molecule has 158 valence electrons. The van der Waals surface area contributed by atoms with Gasteiger partial charge in [-0.15, -0.1) is 0 Å². The van der Waals surface area contributed by atoms with Gasteiger partial charge >= 0.3 is 11.2 Å². The molecule has 1 aliphatic heterocycles. The maximum atomic E-state index is 14.2. The number of imide groups is 1. The van der Waals surface area contributed by atoms with E-state index in [-0.39, 0.29) is 30.4 Å². The van der Waals surface area contributed by atoms with Crippen LogP contribution < -0.4 is 0 Å². The van der Waals surface area contributed by atoms with Crippen molar-refractivity contribution in [3.05, 3.63) is 65.7 Å². The summed E-state index contributed by atoms with van der Waals surface area (Å²) in [6.45, 7) is 0. The van der Waals surface area contributed by atoms with Crippen LogP contribution in [-0.4, -0.2) is 36.5 Å². The van der Waals surface area contributed by atoms with E-state index in [0.29, 0.717) is 5.06 Å². The van der Waals surface area contributed by atoms with Crippen LogP contribution in [0, 0.1) is 0 Å². The van der Waals surface area contributed by atoms with Crippen molar-refractivity contribution in [1.29, 1.82) is 0 Å². The highest BCUT2D eigenvalue weighted by atomic mass is 32.2. The number of sulfone groups is 1. The molecule has 0 atom stereocenters. The number of rotatable bonds is 8. The lowest BCUT2D eigenvalue weighted by molar-refractivity contribution is -0.168. The number of alkyl halides is 2. The van der Waals surface area contributed by atoms with E-state index >= 15 is 0 Å². The van der Waals surface area contributed by atoms with Crippen molar-refractivity contribution in [1.82, 2.24) is 5.06 Å². The number of benzene rings is 2. The first kappa shape index (κ1) is 21.6. The third kappa shape index (κ3) is 4.09. The molecule has 0 radical (unpaired) electrons. The Kier molecular flexibility index (Phi) is 5.97. The number of nitrogens with zero attached hydrogens (tertiary/aromatic N) is 1. The molecule has 1 heterocycles. The predicted molar refractivity (Wildman–Crippen MR) is 100 cm³/mol. The standard InChI is InChI=1S/C20H17F2NO6S/c21-20(22,30(27,28)14-8-2-1-3-9-14)13-7-6-12-17(24)29-23-18(25)15-10-4-5-11-16(15)19(23)26/h1-5,8-11H,6-7,12-13H2. The van der Waals surface area contributed by atoms with Crippen molar-refractivity contribution < 1.29 is 36.4 Å². The molecule has 0 unspecified atom stereocenters. The maximum absolute atomic E-state index is 14.2. The van der Waals surface area contributed by atoms with Crippen LogP contribution in [0.5, 0.6) is 0 Å². The zero-order valence-electron chi connectivity index (χ0n) is 15.6. The quantitative estimate of drug-likeness (QED) is 0.464. The van der Waals surface area contributed by atoms with Gasteiger partial charge in [-0.05, 0) is 37.1 Å². The highest BCUT2D eigenvalue weighted by Crippen LogP contribution is 2.33. The van der Waals surface area contributed by atoms with Crippen molar-refractivity contribution in [3.63, 3.8) is 0 Å². The van der Waals surface area contributed by atoms with Crippen LogP contribution in [0.2, 0.25) is 0 Å². The molecule has 0 aliphatic carbocycles. The number of carbonyl (C=O) groups excluding carboxylic acids is 3. The van der Waals surface area contributed by atoms with E-state index in [0.717, 1.165) is 12.1 Å². The van der Waals surface area contributed by atoms with Crippen LogP contribution in [0.25, 0.3) is 0 Å². The van der Waals surface area contributed by atoms with Crippen molar-refractivity contribution >= 4 is 27.6 Å². The molecule has 2 aromatic carbocycles. The van der Waals surface area contributed by atoms with Crippen LogP contribution in [0.3, 0.4) is 0 Å². The Balaban J connectivity index is 1.51. The van der Waals surface area contributed by atoms with Gasteiger partial charge in [-0.1, -0.05) is 35.4 Å². The van der Waals surface area contributed by atoms with E-state index in [2.05, 4.69) is 0 Å². The van der Waals surface area contributed by atoms with Gasteiger partial charge in [0, 0.05) is 12.8 Å². The molecule has 0 saturated carbocycles. The van der Waals surface area contributed by atoms with Gasteiger partial charge in [-0.3, -0.25) is 9.59 Å². The Morgan fingerprint density at radius 2 is 1.43 bits per heavy atom. The van der Waals surface area contributed by atoms with Crippen molar-refractivity contribution in [2.75, 3.05) is 0 Å². The van der Waals surface area contributed by atoms with Gasteiger partial charge < -0.3 is 4.84 Å². The minimum absolute atomic E-state index is 0.0982. The fourth-order valence-corrected chi connectivity index (χ4v) is 4.18. The fraction of sp³-hybridized carbons (Fsp3) is 0.250. The van der Waals surface area contributed by atoms with Gasteiger partial charge in [0.05, 0.1) is 16.0 Å². The number of carbonyl (C=O) groups is 3. The smallest absolute Gasteiger partial charge is 0.330 e. The zero-order chi connectivity index (χ0) is 21.9. The number of unbranched alkanes of at least 4 members (excludes halogenated alkanes) is 1. The van der Waals surface area contributed by atoms with Crippen LogP contribution >= 0.6 is 0 Å². The Morgan fingerprint density at radius 1 is 0.900 bits per heavy atom. The molecule has 0 bridgehead atoms. The van der Waals surface area contributed by atoms with Gasteiger partial charge in [0.25, 0.3) is 11.8 Å². The second-order valence-corrected chi connectivity index (χ2v) is 8.65. The summed E-state index contributed by atoms with van der Waals surface area (Å²) in [5.41, 5.74) is 0.196. The number of amides is 2. The summed E-state index contributed by atoms with van der Waals surface area (Å²) in [7, 11) is -4.85. The van der Waals surface area contributed by atoms with E-state index in [1.54, 1.807) is 12.1 Å². The van der Waals surface area contributed by atoms with Crippen LogP contribution in [0.15, 0.2) is 59.5 Å². The van der Waals surface area contributed by atoms with Crippen molar-refractivity contribution in [3.8, 4) is 0 Å². The summed E-state index contributed by atoms with van der Waals surface area (Å²) in [4.78, 5) is 40.4. The number of hydrogen-bond acceptors (Lipinski definition) is 6. The van der Waals surface area contributed by atoms with Crippen molar-refractivity contribution in [2.24, 2.45) is 0 Å². The summed E-state index contributed by atoms with van der Waals surface area (Å²) in [6, 6.07) is 12.3. The second-order valence-electron chi connectivity index (χ2n) is 6.57. The average molecular weight is 437 g/mol. The summed E-state index contributed by atoms with van der Waals surface area (Å²) >= 11 is 0. The molecule has 10 heteroatoms. The minimum atomic E-state index is -4.85. The van der Waals surface area contributed by atoms with E-state index in [1.807, 2.05) is 0 Å². The van der Waals surface area contributed by atoms with Gasteiger partial charge in [0.2, 0.25) is 9.84 Å². The molecular weight excluding hydrogens is 420 g/mol. The van der Waals surface area contributed by atoms with E-state index in [4.69, 9.17) is 4.84 Å². The molecule has 2 amide bonds. The Bertz CT molecular complexity index is 1050. The van der Waals surface area contributed by atoms with Crippen LogP contribution in [-0.2, 0) is 19.5 Å². The molecule has 30 heavy (non-hydrogen) atoms. The maximum Gasteiger partial charge on any atom is 0.350 e. The first-order valence-electron chi connectivity index (χ1n) is 9.01. The summed E-state index contributed by atoms with van der Waals surface area (Å²) in [6.07, 6.45) is -1.74.